The summed E-state index contributed by atoms with van der Waals surface area (Å²) < 4.78 is 13.3. The third-order valence-corrected chi connectivity index (χ3v) is 8.51. The van der Waals surface area contributed by atoms with E-state index < -0.39 is 29.1 Å². The number of aromatic nitrogens is 2. The summed E-state index contributed by atoms with van der Waals surface area (Å²) in [6.07, 6.45) is 5.60. The van der Waals surface area contributed by atoms with Gasteiger partial charge in [-0.05, 0) is 55.9 Å². The molecule has 2 fully saturated rings. The first kappa shape index (κ1) is 29.4. The summed E-state index contributed by atoms with van der Waals surface area (Å²) in [4.78, 5) is 38.9. The fourth-order valence-electron chi connectivity index (χ4n) is 6.72. The molecule has 5 N–H and O–H groups in total. The summed E-state index contributed by atoms with van der Waals surface area (Å²) in [6.45, 7) is 3.38. The number of nitrogens with one attached hydrogen (secondary N) is 2. The van der Waals surface area contributed by atoms with E-state index in [0.717, 1.165) is 37.7 Å². The molecular weight excluding hydrogens is 514 g/mol. The molecule has 1 aromatic heterocycles. The quantitative estimate of drug-likeness (QED) is 0.244. The molecule has 1 amide bonds. The second kappa shape index (κ2) is 12.3. The Morgan fingerprint density at radius 2 is 1.88 bits per heavy atom. The van der Waals surface area contributed by atoms with Crippen molar-refractivity contribution in [1.29, 1.82) is 5.41 Å². The third-order valence-electron chi connectivity index (χ3n) is 8.51. The van der Waals surface area contributed by atoms with Crippen LogP contribution in [-0.4, -0.2) is 46.4 Å². The van der Waals surface area contributed by atoms with Crippen LogP contribution >= 0.6 is 0 Å². The Morgan fingerprint density at radius 3 is 2.48 bits per heavy atom. The highest BCUT2D eigenvalue weighted by atomic mass is 16.5. The van der Waals surface area contributed by atoms with Gasteiger partial charge in [0.1, 0.15) is 18.0 Å². The van der Waals surface area contributed by atoms with Crippen LogP contribution in [0.3, 0.4) is 0 Å². The summed E-state index contributed by atoms with van der Waals surface area (Å²) in [5.41, 5.74) is 4.84. The molecule has 40 heavy (non-hydrogen) atoms. The molecule has 1 heterocycles. The van der Waals surface area contributed by atoms with Gasteiger partial charge in [-0.15, -0.1) is 0 Å². The predicted octanol–water partition coefficient (Wildman–Crippen LogP) is 3.25. The Hall–Kier alpha value is -3.60. The summed E-state index contributed by atoms with van der Waals surface area (Å²) >= 11 is 0. The number of amides is 1. The molecule has 218 valence electrons. The molecule has 0 radical (unpaired) electrons. The average molecular weight is 556 g/mol. The van der Waals surface area contributed by atoms with Gasteiger partial charge in [0.05, 0.1) is 6.61 Å². The summed E-state index contributed by atoms with van der Waals surface area (Å²) in [7, 11) is 1.66. The molecule has 0 saturated heterocycles. The zero-order chi connectivity index (χ0) is 28.9. The topological polar surface area (TPSA) is 162 Å². The standard InChI is InChI=1S/C29H41N5O6/c1-3-4-14-33-24(35)22(23(30)31)25(36)34(27(33)38)21-10-12-28(13-11-21)16-29(17-28,19-39-2)18-32-26(37)40-15-20-8-6-5-7-9-20/h5-9,21,35H,3-4,10-19H2,1-2H3,(H3,30,31)(H,32,37). The molecule has 1 aromatic carbocycles. The lowest BCUT2D eigenvalue weighted by Gasteiger charge is -2.58. The van der Waals surface area contributed by atoms with Crippen molar-refractivity contribution < 1.29 is 19.4 Å². The number of unbranched alkanes of at least 4 members (excludes halogenated alkanes) is 1. The number of ether oxygens (including phenoxy) is 2. The molecule has 2 saturated carbocycles. The molecule has 2 aliphatic carbocycles. The molecule has 0 atom stereocenters. The van der Waals surface area contributed by atoms with E-state index in [1.807, 2.05) is 37.3 Å². The lowest BCUT2D eigenvalue weighted by atomic mass is 9.48. The number of benzene rings is 1. The first-order valence-corrected chi connectivity index (χ1v) is 14.0. The summed E-state index contributed by atoms with van der Waals surface area (Å²) in [5, 5.41) is 21.3. The highest BCUT2D eigenvalue weighted by molar-refractivity contribution is 5.96. The summed E-state index contributed by atoms with van der Waals surface area (Å²) in [5.74, 6) is -1.08. The van der Waals surface area contributed by atoms with Crippen LogP contribution in [0.5, 0.6) is 5.88 Å². The average Bonchev–Trinajstić information content (AvgIpc) is 2.91. The number of carbonyl (C=O) groups is 1. The number of nitrogens with two attached hydrogens (primary N) is 1. The van der Waals surface area contributed by atoms with E-state index in [1.165, 1.54) is 9.13 Å². The Bertz CT molecular complexity index is 1320. The molecule has 0 unspecified atom stereocenters. The van der Waals surface area contributed by atoms with Crippen LogP contribution in [0.25, 0.3) is 0 Å². The van der Waals surface area contributed by atoms with Gasteiger partial charge in [0.2, 0.25) is 5.88 Å². The van der Waals surface area contributed by atoms with Gasteiger partial charge in [0.15, 0.2) is 0 Å². The highest BCUT2D eigenvalue weighted by Gasteiger charge is 2.55. The number of methoxy groups -OCH3 is 1. The van der Waals surface area contributed by atoms with E-state index in [-0.39, 0.29) is 35.6 Å². The van der Waals surface area contributed by atoms with Crippen molar-refractivity contribution in [2.45, 2.75) is 77.5 Å². The van der Waals surface area contributed by atoms with Gasteiger partial charge in [-0.25, -0.2) is 9.59 Å². The first-order valence-electron chi connectivity index (χ1n) is 14.0. The second-order valence-electron chi connectivity index (χ2n) is 11.5. The van der Waals surface area contributed by atoms with Crippen LogP contribution < -0.4 is 22.3 Å². The molecule has 4 rings (SSSR count). The number of nitrogen functional groups attached to an aromatic ring is 1. The van der Waals surface area contributed by atoms with E-state index in [4.69, 9.17) is 20.6 Å². The molecule has 0 aliphatic heterocycles. The number of hydrogen-bond acceptors (Lipinski definition) is 7. The van der Waals surface area contributed by atoms with Crippen LogP contribution in [0, 0.1) is 16.2 Å². The zero-order valence-corrected chi connectivity index (χ0v) is 23.4. The van der Waals surface area contributed by atoms with Crippen molar-refractivity contribution in [2.75, 3.05) is 20.3 Å². The molecular formula is C29H41N5O6. The monoisotopic (exact) mass is 555 g/mol. The fraction of sp³-hybridized carbons (Fsp3) is 0.586. The zero-order valence-electron chi connectivity index (χ0n) is 23.4. The number of aromatic hydroxyl groups is 1. The molecule has 11 nitrogen and oxygen atoms in total. The Kier molecular flexibility index (Phi) is 9.02. The van der Waals surface area contributed by atoms with E-state index in [2.05, 4.69) is 5.32 Å². The largest absolute Gasteiger partial charge is 0.494 e. The van der Waals surface area contributed by atoms with Gasteiger partial charge < -0.3 is 25.6 Å². The van der Waals surface area contributed by atoms with Crippen molar-refractivity contribution in [2.24, 2.45) is 16.6 Å². The van der Waals surface area contributed by atoms with E-state index in [1.54, 1.807) is 7.11 Å². The van der Waals surface area contributed by atoms with Crippen LogP contribution in [0.15, 0.2) is 39.9 Å². The SMILES string of the molecule is CCCCn1c(O)c(C(=N)N)c(=O)n(C2CCC3(CC2)CC(CNC(=O)OCc2ccccc2)(COC)C3)c1=O. The summed E-state index contributed by atoms with van der Waals surface area (Å²) in [6, 6.07) is 9.18. The number of rotatable bonds is 11. The predicted molar refractivity (Wildman–Crippen MR) is 151 cm³/mol. The maximum Gasteiger partial charge on any atom is 0.407 e. The van der Waals surface area contributed by atoms with Gasteiger partial charge in [0.25, 0.3) is 5.56 Å². The smallest absolute Gasteiger partial charge is 0.407 e. The van der Waals surface area contributed by atoms with Crippen molar-refractivity contribution in [3.8, 4) is 5.88 Å². The second-order valence-corrected chi connectivity index (χ2v) is 11.5. The number of hydrogen-bond donors (Lipinski definition) is 4. The third kappa shape index (κ3) is 6.09. The first-order chi connectivity index (χ1) is 19.1. The molecule has 2 aromatic rings. The van der Waals surface area contributed by atoms with Crippen LogP contribution in [-0.2, 0) is 22.6 Å². The van der Waals surface area contributed by atoms with Gasteiger partial charge in [-0.1, -0.05) is 43.7 Å². The van der Waals surface area contributed by atoms with E-state index >= 15 is 0 Å². The van der Waals surface area contributed by atoms with E-state index in [9.17, 15) is 19.5 Å². The minimum absolute atomic E-state index is 0.0514. The van der Waals surface area contributed by atoms with Crippen molar-refractivity contribution in [3.63, 3.8) is 0 Å². The van der Waals surface area contributed by atoms with Crippen LogP contribution in [0.1, 0.15) is 75.5 Å². The van der Waals surface area contributed by atoms with Crippen molar-refractivity contribution >= 4 is 11.9 Å². The maximum atomic E-state index is 13.3. The molecule has 0 bridgehead atoms. The minimum atomic E-state index is -0.704. The highest BCUT2D eigenvalue weighted by Crippen LogP contribution is 2.62. The lowest BCUT2D eigenvalue weighted by molar-refractivity contribution is -0.106. The fourth-order valence-corrected chi connectivity index (χ4v) is 6.72. The molecule has 1 spiro atoms. The van der Waals surface area contributed by atoms with Crippen molar-refractivity contribution in [3.05, 3.63) is 62.3 Å². The Labute approximate surface area is 233 Å². The normalized spacial score (nSPS) is 23.9. The Morgan fingerprint density at radius 1 is 1.20 bits per heavy atom. The number of nitrogens with zero attached hydrogens (tertiary/aromatic N) is 2. The Balaban J connectivity index is 1.40. The van der Waals surface area contributed by atoms with Gasteiger partial charge in [-0.3, -0.25) is 19.3 Å². The minimum Gasteiger partial charge on any atom is -0.494 e. The molecule has 2 aliphatic rings. The van der Waals surface area contributed by atoms with Gasteiger partial charge in [0, 0.05) is 31.7 Å². The van der Waals surface area contributed by atoms with Gasteiger partial charge in [-0.2, -0.15) is 0 Å². The lowest BCUT2D eigenvalue weighted by Crippen LogP contribution is -2.56. The van der Waals surface area contributed by atoms with Crippen LogP contribution in [0.2, 0.25) is 0 Å². The number of carbonyl (C=O) groups excluding carboxylic acids is 1. The van der Waals surface area contributed by atoms with Crippen LogP contribution in [0.4, 0.5) is 4.79 Å². The van der Waals surface area contributed by atoms with Crippen molar-refractivity contribution in [1.82, 2.24) is 14.5 Å². The van der Waals surface area contributed by atoms with Gasteiger partial charge >= 0.3 is 11.8 Å². The molecule has 11 heteroatoms. The number of amidine groups is 1. The van der Waals surface area contributed by atoms with E-state index in [0.29, 0.717) is 32.4 Å². The maximum absolute atomic E-state index is 13.3. The number of alkyl carbamates (subject to hydrolysis) is 1.